The molecule has 0 aliphatic rings. The van der Waals surface area contributed by atoms with Gasteiger partial charge in [-0.3, -0.25) is 4.79 Å². The van der Waals surface area contributed by atoms with Crippen LogP contribution < -0.4 is 5.32 Å². The lowest BCUT2D eigenvalue weighted by Gasteiger charge is -2.18. The summed E-state index contributed by atoms with van der Waals surface area (Å²) in [5, 5.41) is 2.86. The minimum absolute atomic E-state index is 0.0180. The summed E-state index contributed by atoms with van der Waals surface area (Å²) in [6.07, 6.45) is 0. The maximum Gasteiger partial charge on any atom is 0.229 e. The van der Waals surface area contributed by atoms with Gasteiger partial charge in [0.05, 0.1) is 5.69 Å². The highest BCUT2D eigenvalue weighted by Crippen LogP contribution is 2.24. The lowest BCUT2D eigenvalue weighted by atomic mass is 9.95. The van der Waals surface area contributed by atoms with Crippen molar-refractivity contribution in [2.75, 3.05) is 5.32 Å². The van der Waals surface area contributed by atoms with E-state index < -0.39 is 0 Å². The fraction of sp³-hybridized carbons (Fsp3) is 0.364. The van der Waals surface area contributed by atoms with Crippen LogP contribution in [-0.4, -0.2) is 5.91 Å². The van der Waals surface area contributed by atoms with E-state index in [9.17, 15) is 4.79 Å². The first-order valence-electron chi connectivity index (χ1n) is 4.47. The number of nitrogens with one attached hydrogen (secondary N) is 1. The van der Waals surface area contributed by atoms with E-state index in [2.05, 4.69) is 21.2 Å². The van der Waals surface area contributed by atoms with Crippen LogP contribution in [0.4, 0.5) is 5.69 Å². The number of rotatable bonds is 1. The van der Waals surface area contributed by atoms with Crippen molar-refractivity contribution in [3.63, 3.8) is 0 Å². The number of para-hydroxylation sites is 1. The molecule has 76 valence electrons. The minimum atomic E-state index is -0.366. The maximum absolute atomic E-state index is 11.7. The Morgan fingerprint density at radius 3 is 2.36 bits per heavy atom. The number of hydrogen-bond donors (Lipinski definition) is 1. The predicted octanol–water partition coefficient (Wildman–Crippen LogP) is 3.43. The van der Waals surface area contributed by atoms with Gasteiger partial charge in [0.1, 0.15) is 0 Å². The van der Waals surface area contributed by atoms with Crippen LogP contribution in [-0.2, 0) is 4.79 Å². The molecule has 1 aromatic carbocycles. The number of carbonyl (C=O) groups is 1. The quantitative estimate of drug-likeness (QED) is 0.819. The summed E-state index contributed by atoms with van der Waals surface area (Å²) in [5.74, 6) is 0.0180. The summed E-state index contributed by atoms with van der Waals surface area (Å²) in [6.45, 7) is 5.66. The van der Waals surface area contributed by atoms with Crippen LogP contribution in [0.5, 0.6) is 0 Å². The van der Waals surface area contributed by atoms with Crippen LogP contribution in [0, 0.1) is 5.41 Å². The first-order chi connectivity index (χ1) is 6.41. The van der Waals surface area contributed by atoms with Crippen molar-refractivity contribution in [1.29, 1.82) is 0 Å². The number of anilines is 1. The molecule has 0 bridgehead atoms. The van der Waals surface area contributed by atoms with Gasteiger partial charge < -0.3 is 5.32 Å². The van der Waals surface area contributed by atoms with Gasteiger partial charge >= 0.3 is 0 Å². The van der Waals surface area contributed by atoms with Gasteiger partial charge in [0.15, 0.2) is 0 Å². The average molecular weight is 256 g/mol. The van der Waals surface area contributed by atoms with Gasteiger partial charge in [-0.15, -0.1) is 0 Å². The molecule has 0 spiro atoms. The molecular weight excluding hydrogens is 242 g/mol. The lowest BCUT2D eigenvalue weighted by molar-refractivity contribution is -0.123. The minimum Gasteiger partial charge on any atom is -0.325 e. The number of benzene rings is 1. The second kappa shape index (κ2) is 4.13. The van der Waals surface area contributed by atoms with E-state index in [1.807, 2.05) is 45.0 Å². The Morgan fingerprint density at radius 2 is 1.86 bits per heavy atom. The molecule has 0 aromatic heterocycles. The molecule has 1 N–H and O–H groups in total. The summed E-state index contributed by atoms with van der Waals surface area (Å²) < 4.78 is 0.901. The second-order valence-electron chi connectivity index (χ2n) is 4.18. The van der Waals surface area contributed by atoms with Crippen molar-refractivity contribution in [2.45, 2.75) is 20.8 Å². The van der Waals surface area contributed by atoms with Crippen molar-refractivity contribution >= 4 is 27.5 Å². The molecule has 3 heteroatoms. The fourth-order valence-electron chi connectivity index (χ4n) is 0.872. The third-order valence-electron chi connectivity index (χ3n) is 1.80. The van der Waals surface area contributed by atoms with Gasteiger partial charge in [-0.2, -0.15) is 0 Å². The molecule has 0 unspecified atom stereocenters. The van der Waals surface area contributed by atoms with Crippen molar-refractivity contribution in [1.82, 2.24) is 0 Å². The Morgan fingerprint density at radius 1 is 1.29 bits per heavy atom. The topological polar surface area (TPSA) is 29.1 Å². The molecule has 2 nitrogen and oxygen atoms in total. The highest BCUT2D eigenvalue weighted by atomic mass is 79.9. The van der Waals surface area contributed by atoms with Crippen molar-refractivity contribution in [3.05, 3.63) is 28.7 Å². The molecule has 1 rings (SSSR count). The van der Waals surface area contributed by atoms with E-state index in [0.717, 1.165) is 10.2 Å². The summed E-state index contributed by atoms with van der Waals surface area (Å²) in [4.78, 5) is 11.7. The van der Waals surface area contributed by atoms with Gasteiger partial charge in [-0.25, -0.2) is 0 Å². The van der Waals surface area contributed by atoms with Crippen molar-refractivity contribution in [2.24, 2.45) is 5.41 Å². The lowest BCUT2D eigenvalue weighted by Crippen LogP contribution is -2.27. The first kappa shape index (κ1) is 11.2. The summed E-state index contributed by atoms with van der Waals surface area (Å²) in [7, 11) is 0. The van der Waals surface area contributed by atoms with E-state index in [0.29, 0.717) is 0 Å². The summed E-state index contributed by atoms with van der Waals surface area (Å²) in [5.41, 5.74) is 0.447. The van der Waals surface area contributed by atoms with E-state index >= 15 is 0 Å². The highest BCUT2D eigenvalue weighted by Gasteiger charge is 2.21. The zero-order chi connectivity index (χ0) is 10.8. The normalized spacial score (nSPS) is 11.1. The van der Waals surface area contributed by atoms with Gasteiger partial charge in [0, 0.05) is 9.89 Å². The van der Waals surface area contributed by atoms with Gasteiger partial charge in [0.2, 0.25) is 5.91 Å². The smallest absolute Gasteiger partial charge is 0.229 e. The van der Waals surface area contributed by atoms with Crippen LogP contribution in [0.2, 0.25) is 0 Å². The molecule has 0 radical (unpaired) electrons. The molecule has 0 aliphatic carbocycles. The Hall–Kier alpha value is -0.830. The Labute approximate surface area is 92.8 Å². The standard InChI is InChI=1S/C11H14BrNO/c1-11(2,3)10(14)13-9-7-5-4-6-8(9)12/h4-7H,1-3H3,(H,13,14). The molecule has 0 aliphatic heterocycles. The van der Waals surface area contributed by atoms with Crippen LogP contribution in [0.1, 0.15) is 20.8 Å². The fourth-order valence-corrected chi connectivity index (χ4v) is 1.26. The van der Waals surface area contributed by atoms with E-state index in [1.165, 1.54) is 0 Å². The van der Waals surface area contributed by atoms with Gasteiger partial charge in [0.25, 0.3) is 0 Å². The SMILES string of the molecule is CC(C)(C)C(=O)Nc1ccccc1Br. The molecule has 0 fully saturated rings. The molecule has 0 heterocycles. The molecule has 0 saturated heterocycles. The van der Waals surface area contributed by atoms with E-state index in [4.69, 9.17) is 0 Å². The number of amides is 1. The van der Waals surface area contributed by atoms with Crippen molar-refractivity contribution in [3.8, 4) is 0 Å². The number of hydrogen-bond acceptors (Lipinski definition) is 1. The van der Waals surface area contributed by atoms with Crippen LogP contribution in [0.15, 0.2) is 28.7 Å². The predicted molar refractivity (Wildman–Crippen MR) is 62.2 cm³/mol. The molecule has 0 atom stereocenters. The van der Waals surface area contributed by atoms with Crippen LogP contribution >= 0.6 is 15.9 Å². The van der Waals surface area contributed by atoms with E-state index in [1.54, 1.807) is 0 Å². The zero-order valence-corrected chi connectivity index (χ0v) is 10.2. The van der Waals surface area contributed by atoms with Crippen LogP contribution in [0.3, 0.4) is 0 Å². The summed E-state index contributed by atoms with van der Waals surface area (Å²) >= 11 is 3.38. The Bertz CT molecular complexity index is 341. The average Bonchev–Trinajstić information content (AvgIpc) is 2.07. The summed E-state index contributed by atoms with van der Waals surface area (Å²) in [6, 6.07) is 7.58. The van der Waals surface area contributed by atoms with Crippen molar-refractivity contribution < 1.29 is 4.79 Å². The number of halogens is 1. The van der Waals surface area contributed by atoms with E-state index in [-0.39, 0.29) is 11.3 Å². The second-order valence-corrected chi connectivity index (χ2v) is 5.04. The zero-order valence-electron chi connectivity index (χ0n) is 8.60. The monoisotopic (exact) mass is 255 g/mol. The maximum atomic E-state index is 11.7. The highest BCUT2D eigenvalue weighted by molar-refractivity contribution is 9.10. The molecule has 0 saturated carbocycles. The molecule has 1 aromatic rings. The van der Waals surface area contributed by atoms with Crippen LogP contribution in [0.25, 0.3) is 0 Å². The van der Waals surface area contributed by atoms with Gasteiger partial charge in [-0.05, 0) is 28.1 Å². The molecular formula is C11H14BrNO. The largest absolute Gasteiger partial charge is 0.325 e. The molecule has 14 heavy (non-hydrogen) atoms. The third-order valence-corrected chi connectivity index (χ3v) is 2.49. The Balaban J connectivity index is 2.80. The third kappa shape index (κ3) is 2.84. The van der Waals surface area contributed by atoms with Gasteiger partial charge in [-0.1, -0.05) is 32.9 Å². The number of carbonyl (C=O) groups excluding carboxylic acids is 1. The molecule has 1 amide bonds. The first-order valence-corrected chi connectivity index (χ1v) is 5.26. The Kier molecular flexibility index (Phi) is 3.32.